The first-order valence-corrected chi connectivity index (χ1v) is 6.34. The van der Waals surface area contributed by atoms with Gasteiger partial charge in [0.25, 0.3) is 5.91 Å². The molecular formula is C14H12BrNO3. The number of phenolic OH excluding ortho intramolecular Hbond substituents is 1. The van der Waals surface area contributed by atoms with E-state index in [0.717, 1.165) is 4.47 Å². The van der Waals surface area contributed by atoms with Gasteiger partial charge in [-0.1, -0.05) is 18.2 Å². The van der Waals surface area contributed by atoms with Crippen LogP contribution in [0, 0.1) is 0 Å². The first kappa shape index (κ1) is 13.4. The molecular weight excluding hydrogens is 310 g/mol. The summed E-state index contributed by atoms with van der Waals surface area (Å²) in [6.45, 7) is 0. The number of methoxy groups -OCH3 is 1. The van der Waals surface area contributed by atoms with Crippen molar-refractivity contribution in [3.05, 3.63) is 52.5 Å². The Morgan fingerprint density at radius 1 is 1.21 bits per heavy atom. The summed E-state index contributed by atoms with van der Waals surface area (Å²) in [5, 5.41) is 12.5. The van der Waals surface area contributed by atoms with E-state index >= 15 is 0 Å². The summed E-state index contributed by atoms with van der Waals surface area (Å²) in [7, 11) is 1.45. The number of carbonyl (C=O) groups is 1. The lowest BCUT2D eigenvalue weighted by molar-refractivity contribution is 0.102. The van der Waals surface area contributed by atoms with Crippen molar-refractivity contribution in [2.45, 2.75) is 0 Å². The van der Waals surface area contributed by atoms with Gasteiger partial charge in [-0.3, -0.25) is 4.79 Å². The summed E-state index contributed by atoms with van der Waals surface area (Å²) >= 11 is 3.34. The van der Waals surface area contributed by atoms with Gasteiger partial charge in [-0.2, -0.15) is 0 Å². The molecule has 4 nitrogen and oxygen atoms in total. The van der Waals surface area contributed by atoms with Gasteiger partial charge in [-0.25, -0.2) is 0 Å². The van der Waals surface area contributed by atoms with Crippen LogP contribution < -0.4 is 10.1 Å². The van der Waals surface area contributed by atoms with E-state index in [1.807, 2.05) is 18.2 Å². The minimum Gasteiger partial charge on any atom is -0.507 e. The summed E-state index contributed by atoms with van der Waals surface area (Å²) in [5.41, 5.74) is 0.735. The molecule has 0 aliphatic carbocycles. The van der Waals surface area contributed by atoms with Crippen LogP contribution in [0.1, 0.15) is 10.4 Å². The minimum atomic E-state index is -0.429. The van der Waals surface area contributed by atoms with Crippen molar-refractivity contribution in [2.75, 3.05) is 12.4 Å². The van der Waals surface area contributed by atoms with Gasteiger partial charge in [0.15, 0.2) is 0 Å². The van der Waals surface area contributed by atoms with Gasteiger partial charge < -0.3 is 15.2 Å². The fourth-order valence-corrected chi connectivity index (χ4v) is 2.05. The van der Waals surface area contributed by atoms with Gasteiger partial charge >= 0.3 is 0 Å². The number of phenols is 1. The van der Waals surface area contributed by atoms with Crippen molar-refractivity contribution >= 4 is 27.5 Å². The standard InChI is InChI=1S/C14H12BrNO3/c1-19-12-8-4-7-11(17)13(12)14(18)16-10-6-3-2-5-9(10)15/h2-8,17H,1H3,(H,16,18). The van der Waals surface area contributed by atoms with Crippen LogP contribution in [0.5, 0.6) is 11.5 Å². The van der Waals surface area contributed by atoms with Crippen molar-refractivity contribution < 1.29 is 14.6 Å². The highest BCUT2D eigenvalue weighted by molar-refractivity contribution is 9.10. The zero-order valence-corrected chi connectivity index (χ0v) is 11.8. The second-order valence-electron chi connectivity index (χ2n) is 3.79. The number of anilines is 1. The molecule has 1 amide bonds. The van der Waals surface area contributed by atoms with Gasteiger partial charge in [-0.15, -0.1) is 0 Å². The largest absolute Gasteiger partial charge is 0.507 e. The highest BCUT2D eigenvalue weighted by Crippen LogP contribution is 2.29. The molecule has 5 heteroatoms. The highest BCUT2D eigenvalue weighted by Gasteiger charge is 2.17. The first-order valence-electron chi connectivity index (χ1n) is 5.55. The van der Waals surface area contributed by atoms with Crippen LogP contribution in [-0.2, 0) is 0 Å². The zero-order chi connectivity index (χ0) is 13.8. The molecule has 0 aromatic heterocycles. The molecule has 2 aromatic carbocycles. The molecule has 2 N–H and O–H groups in total. The second kappa shape index (κ2) is 5.75. The topological polar surface area (TPSA) is 58.6 Å². The number of amides is 1. The normalized spacial score (nSPS) is 10.0. The summed E-state index contributed by atoms with van der Waals surface area (Å²) in [5.74, 6) is -0.227. The number of halogens is 1. The Bertz CT molecular complexity index is 613. The molecule has 0 unspecified atom stereocenters. The molecule has 19 heavy (non-hydrogen) atoms. The molecule has 2 aromatic rings. The predicted molar refractivity (Wildman–Crippen MR) is 76.8 cm³/mol. The number of rotatable bonds is 3. The molecule has 0 radical (unpaired) electrons. The van der Waals surface area contributed by atoms with E-state index in [9.17, 15) is 9.90 Å². The maximum absolute atomic E-state index is 12.2. The fourth-order valence-electron chi connectivity index (χ4n) is 1.67. The summed E-state index contributed by atoms with van der Waals surface area (Å²) in [6, 6.07) is 11.9. The number of aromatic hydroxyl groups is 1. The average molecular weight is 322 g/mol. The summed E-state index contributed by atoms with van der Waals surface area (Å²) in [4.78, 5) is 12.2. The molecule has 98 valence electrons. The SMILES string of the molecule is COc1cccc(O)c1C(=O)Nc1ccccc1Br. The molecule has 0 fully saturated rings. The number of carbonyl (C=O) groups excluding carboxylic acids is 1. The molecule has 0 saturated carbocycles. The fraction of sp³-hybridized carbons (Fsp3) is 0.0714. The molecule has 0 atom stereocenters. The summed E-state index contributed by atoms with van der Waals surface area (Å²) in [6.07, 6.45) is 0. The van der Waals surface area contributed by atoms with Gasteiger partial charge in [-0.05, 0) is 40.2 Å². The zero-order valence-electron chi connectivity index (χ0n) is 10.2. The lowest BCUT2D eigenvalue weighted by Crippen LogP contribution is -2.13. The second-order valence-corrected chi connectivity index (χ2v) is 4.64. The Kier molecular flexibility index (Phi) is 4.06. The van der Waals surface area contributed by atoms with E-state index in [1.165, 1.54) is 13.2 Å². The van der Waals surface area contributed by atoms with Gasteiger partial charge in [0.2, 0.25) is 0 Å². The van der Waals surface area contributed by atoms with Crippen LogP contribution in [-0.4, -0.2) is 18.1 Å². The van der Waals surface area contributed by atoms with E-state index in [-0.39, 0.29) is 11.3 Å². The highest BCUT2D eigenvalue weighted by atomic mass is 79.9. The maximum Gasteiger partial charge on any atom is 0.263 e. The Morgan fingerprint density at radius 3 is 2.63 bits per heavy atom. The quantitative estimate of drug-likeness (QED) is 0.910. The van der Waals surface area contributed by atoms with Crippen LogP contribution in [0.4, 0.5) is 5.69 Å². The smallest absolute Gasteiger partial charge is 0.263 e. The van der Waals surface area contributed by atoms with E-state index < -0.39 is 5.91 Å². The Labute approximate surface area is 119 Å². The lowest BCUT2D eigenvalue weighted by Gasteiger charge is -2.11. The van der Waals surface area contributed by atoms with Crippen LogP contribution in [0.15, 0.2) is 46.9 Å². The molecule has 0 saturated heterocycles. The minimum absolute atomic E-state index is 0.112. The van der Waals surface area contributed by atoms with Crippen molar-refractivity contribution in [3.8, 4) is 11.5 Å². The number of benzene rings is 2. The van der Waals surface area contributed by atoms with Crippen LogP contribution in [0.3, 0.4) is 0 Å². The third-order valence-electron chi connectivity index (χ3n) is 2.57. The Hall–Kier alpha value is -2.01. The number of para-hydroxylation sites is 1. The van der Waals surface area contributed by atoms with E-state index in [4.69, 9.17) is 4.74 Å². The van der Waals surface area contributed by atoms with Crippen LogP contribution in [0.25, 0.3) is 0 Å². The molecule has 0 heterocycles. The lowest BCUT2D eigenvalue weighted by atomic mass is 10.1. The monoisotopic (exact) mass is 321 g/mol. The average Bonchev–Trinajstić information content (AvgIpc) is 2.40. The molecule has 0 aliphatic rings. The van der Waals surface area contributed by atoms with Crippen molar-refractivity contribution in [1.29, 1.82) is 0 Å². The maximum atomic E-state index is 12.2. The predicted octanol–water partition coefficient (Wildman–Crippen LogP) is 3.42. The molecule has 0 spiro atoms. The first-order chi connectivity index (χ1) is 9.13. The number of hydrogen-bond acceptors (Lipinski definition) is 3. The van der Waals surface area contributed by atoms with Crippen LogP contribution >= 0.6 is 15.9 Å². The van der Waals surface area contributed by atoms with Crippen molar-refractivity contribution in [2.24, 2.45) is 0 Å². The van der Waals surface area contributed by atoms with Gasteiger partial charge in [0, 0.05) is 4.47 Å². The Morgan fingerprint density at radius 2 is 1.95 bits per heavy atom. The van der Waals surface area contributed by atoms with Gasteiger partial charge in [0.05, 0.1) is 12.8 Å². The van der Waals surface area contributed by atoms with Gasteiger partial charge in [0.1, 0.15) is 17.1 Å². The van der Waals surface area contributed by atoms with Crippen molar-refractivity contribution in [3.63, 3.8) is 0 Å². The number of ether oxygens (including phenoxy) is 1. The van der Waals surface area contributed by atoms with E-state index in [2.05, 4.69) is 21.2 Å². The Balaban J connectivity index is 2.33. The summed E-state index contributed by atoms with van der Waals surface area (Å²) < 4.78 is 5.84. The third kappa shape index (κ3) is 2.88. The number of nitrogens with one attached hydrogen (secondary N) is 1. The number of hydrogen-bond donors (Lipinski definition) is 2. The van der Waals surface area contributed by atoms with Crippen LogP contribution in [0.2, 0.25) is 0 Å². The molecule has 2 rings (SSSR count). The molecule has 0 aliphatic heterocycles. The molecule has 0 bridgehead atoms. The third-order valence-corrected chi connectivity index (χ3v) is 3.26. The van der Waals surface area contributed by atoms with Crippen molar-refractivity contribution in [1.82, 2.24) is 0 Å². The van der Waals surface area contributed by atoms with E-state index in [0.29, 0.717) is 11.4 Å². The van der Waals surface area contributed by atoms with E-state index in [1.54, 1.807) is 18.2 Å².